The topological polar surface area (TPSA) is 112 Å². The molecule has 0 aromatic carbocycles. The Morgan fingerprint density at radius 2 is 1.55 bits per heavy atom. The maximum atomic E-state index is 8.74. The Bertz CT molecular complexity index is 966. The highest BCUT2D eigenvalue weighted by Crippen LogP contribution is 2.43. The molecule has 0 spiro atoms. The zero-order valence-corrected chi connectivity index (χ0v) is 17.6. The number of aromatic nitrogens is 3. The highest BCUT2D eigenvalue weighted by molar-refractivity contribution is 7.79. The van der Waals surface area contributed by atoms with Gasteiger partial charge in [0, 0.05) is 38.4 Å². The van der Waals surface area contributed by atoms with Crippen molar-refractivity contribution in [1.82, 2.24) is 14.5 Å². The minimum Gasteiger partial charge on any atom is -0.356 e. The van der Waals surface area contributed by atoms with E-state index >= 15 is 0 Å². The lowest BCUT2D eigenvalue weighted by Crippen LogP contribution is -2.24. The van der Waals surface area contributed by atoms with Crippen molar-refractivity contribution in [2.45, 2.75) is 57.9 Å². The van der Waals surface area contributed by atoms with Gasteiger partial charge < -0.3 is 14.4 Å². The van der Waals surface area contributed by atoms with Gasteiger partial charge in [0.15, 0.2) is 0 Å². The fourth-order valence-electron chi connectivity index (χ4n) is 4.40. The monoisotopic (exact) mass is 423 g/mol. The van der Waals surface area contributed by atoms with E-state index in [2.05, 4.69) is 27.4 Å². The first-order valence-electron chi connectivity index (χ1n) is 10.5. The van der Waals surface area contributed by atoms with Crippen molar-refractivity contribution in [3.8, 4) is 0 Å². The second-order valence-corrected chi connectivity index (χ2v) is 8.90. The Hall–Kier alpha value is -1.91. The van der Waals surface area contributed by atoms with Gasteiger partial charge in [0.1, 0.15) is 11.5 Å². The molecule has 0 radical (unpaired) electrons. The molecule has 5 rings (SSSR count). The first-order valence-corrected chi connectivity index (χ1v) is 11.9. The normalized spacial score (nSPS) is 19.7. The predicted molar refractivity (Wildman–Crippen MR) is 112 cm³/mol. The van der Waals surface area contributed by atoms with Crippen LogP contribution in [0, 0.1) is 0 Å². The number of fused-ring (bicyclic) bond motifs is 1. The van der Waals surface area contributed by atoms with Crippen molar-refractivity contribution in [3.63, 3.8) is 0 Å². The summed E-state index contributed by atoms with van der Waals surface area (Å²) in [6, 6.07) is 2.40. The minimum atomic E-state index is -4.67. The van der Waals surface area contributed by atoms with Gasteiger partial charge in [0.2, 0.25) is 5.95 Å². The van der Waals surface area contributed by atoms with Gasteiger partial charge in [0.25, 0.3) is 0 Å². The molecule has 10 heteroatoms. The van der Waals surface area contributed by atoms with Crippen LogP contribution in [0.15, 0.2) is 6.07 Å². The fraction of sp³-hybridized carbons (Fsp3) is 0.684. The maximum Gasteiger partial charge on any atom is 0.394 e. The SMILES string of the molecule is CCn1c(C2CC2)cc2c(N3CCCC3)nc(N3CCCC3)nc21.O=S(=O)(O)O. The van der Waals surface area contributed by atoms with E-state index in [9.17, 15) is 0 Å². The second-order valence-electron chi connectivity index (χ2n) is 8.01. The molecule has 4 heterocycles. The second kappa shape index (κ2) is 8.08. The maximum absolute atomic E-state index is 8.74. The summed E-state index contributed by atoms with van der Waals surface area (Å²) >= 11 is 0. The Morgan fingerprint density at radius 1 is 1.00 bits per heavy atom. The molecular formula is C19H29N5O4S. The largest absolute Gasteiger partial charge is 0.394 e. The van der Waals surface area contributed by atoms with Gasteiger partial charge in [-0.15, -0.1) is 0 Å². The fourth-order valence-corrected chi connectivity index (χ4v) is 4.40. The van der Waals surface area contributed by atoms with E-state index in [4.69, 9.17) is 27.5 Å². The van der Waals surface area contributed by atoms with Crippen LogP contribution in [0.2, 0.25) is 0 Å². The van der Waals surface area contributed by atoms with Crippen LogP contribution in [0.4, 0.5) is 11.8 Å². The molecule has 2 saturated heterocycles. The molecule has 2 aromatic rings. The molecule has 29 heavy (non-hydrogen) atoms. The van der Waals surface area contributed by atoms with Crippen LogP contribution in [-0.2, 0) is 16.9 Å². The zero-order chi connectivity index (χ0) is 20.6. The Balaban J connectivity index is 0.000000369. The number of aryl methyl sites for hydroxylation is 1. The lowest BCUT2D eigenvalue weighted by atomic mass is 10.2. The molecule has 0 bridgehead atoms. The summed E-state index contributed by atoms with van der Waals surface area (Å²) in [6.45, 7) is 7.74. The third-order valence-corrected chi connectivity index (χ3v) is 5.86. The van der Waals surface area contributed by atoms with E-state index in [1.165, 1.54) is 61.1 Å². The summed E-state index contributed by atoms with van der Waals surface area (Å²) in [5.41, 5.74) is 2.65. The van der Waals surface area contributed by atoms with E-state index < -0.39 is 10.4 Å². The standard InChI is InChI=1S/C19H27N5.H2O4S/c1-2-24-16(14-7-8-14)13-15-17(22-9-3-4-10-22)20-19(21-18(15)24)23-11-5-6-12-23;1-5(2,3)4/h13-14H,2-12H2,1H3;(H2,1,2,3,4). The summed E-state index contributed by atoms with van der Waals surface area (Å²) in [5, 5.41) is 1.28. The lowest BCUT2D eigenvalue weighted by molar-refractivity contribution is 0.381. The van der Waals surface area contributed by atoms with E-state index in [0.717, 1.165) is 44.6 Å². The highest BCUT2D eigenvalue weighted by Gasteiger charge is 2.30. The van der Waals surface area contributed by atoms with Crippen molar-refractivity contribution in [2.75, 3.05) is 36.0 Å². The summed E-state index contributed by atoms with van der Waals surface area (Å²) < 4.78 is 34.0. The molecule has 1 saturated carbocycles. The average Bonchev–Trinajstić information content (AvgIpc) is 3.08. The van der Waals surface area contributed by atoms with Gasteiger partial charge >= 0.3 is 10.4 Å². The smallest absolute Gasteiger partial charge is 0.356 e. The van der Waals surface area contributed by atoms with E-state index in [-0.39, 0.29) is 0 Å². The van der Waals surface area contributed by atoms with Crippen molar-refractivity contribution >= 4 is 33.2 Å². The molecule has 160 valence electrons. The van der Waals surface area contributed by atoms with Crippen LogP contribution < -0.4 is 9.80 Å². The Morgan fingerprint density at radius 3 is 2.07 bits per heavy atom. The summed E-state index contributed by atoms with van der Waals surface area (Å²) in [5.74, 6) is 2.89. The molecule has 2 N–H and O–H groups in total. The summed E-state index contributed by atoms with van der Waals surface area (Å²) in [7, 11) is -4.67. The van der Waals surface area contributed by atoms with Gasteiger partial charge in [-0.3, -0.25) is 9.11 Å². The van der Waals surface area contributed by atoms with Gasteiger partial charge in [0.05, 0.1) is 5.39 Å². The third kappa shape index (κ3) is 4.65. The molecule has 2 aromatic heterocycles. The molecule has 9 nitrogen and oxygen atoms in total. The molecule has 1 aliphatic carbocycles. The molecular weight excluding hydrogens is 394 g/mol. The Kier molecular flexibility index (Phi) is 5.67. The number of hydrogen-bond donors (Lipinski definition) is 2. The van der Waals surface area contributed by atoms with Gasteiger partial charge in [-0.1, -0.05) is 0 Å². The Labute approximate surface area is 171 Å². The van der Waals surface area contributed by atoms with E-state index in [1.54, 1.807) is 0 Å². The molecule has 0 amide bonds. The zero-order valence-electron chi connectivity index (χ0n) is 16.8. The van der Waals surface area contributed by atoms with E-state index in [0.29, 0.717) is 0 Å². The van der Waals surface area contributed by atoms with Crippen LogP contribution in [0.3, 0.4) is 0 Å². The molecule has 0 unspecified atom stereocenters. The van der Waals surface area contributed by atoms with Crippen LogP contribution >= 0.6 is 0 Å². The van der Waals surface area contributed by atoms with Crippen molar-refractivity contribution in [1.29, 1.82) is 0 Å². The predicted octanol–water partition coefficient (Wildman–Crippen LogP) is 2.88. The van der Waals surface area contributed by atoms with Crippen LogP contribution in [0.25, 0.3) is 11.0 Å². The number of hydrogen-bond acceptors (Lipinski definition) is 6. The number of anilines is 2. The van der Waals surface area contributed by atoms with Crippen molar-refractivity contribution in [3.05, 3.63) is 11.8 Å². The van der Waals surface area contributed by atoms with Crippen LogP contribution in [0.5, 0.6) is 0 Å². The molecule has 2 aliphatic heterocycles. The van der Waals surface area contributed by atoms with Crippen LogP contribution in [0.1, 0.15) is 57.1 Å². The first-order chi connectivity index (χ1) is 13.8. The molecule has 3 aliphatic rings. The van der Waals surface area contributed by atoms with Gasteiger partial charge in [-0.2, -0.15) is 18.4 Å². The van der Waals surface area contributed by atoms with Crippen molar-refractivity contribution < 1.29 is 17.5 Å². The molecule has 0 atom stereocenters. The quantitative estimate of drug-likeness (QED) is 0.722. The minimum absolute atomic E-state index is 0.751. The number of nitrogens with zero attached hydrogens (tertiary/aromatic N) is 5. The highest BCUT2D eigenvalue weighted by atomic mass is 32.3. The van der Waals surface area contributed by atoms with Crippen LogP contribution in [-0.4, -0.2) is 58.2 Å². The van der Waals surface area contributed by atoms with Gasteiger partial charge in [-0.05, 0) is 57.4 Å². The third-order valence-electron chi connectivity index (χ3n) is 5.86. The lowest BCUT2D eigenvalue weighted by Gasteiger charge is -2.21. The average molecular weight is 424 g/mol. The molecule has 3 fully saturated rings. The first kappa shape index (κ1) is 20.4. The van der Waals surface area contributed by atoms with Gasteiger partial charge in [-0.25, -0.2) is 0 Å². The van der Waals surface area contributed by atoms with E-state index in [1.807, 2.05) is 0 Å². The summed E-state index contributed by atoms with van der Waals surface area (Å²) in [6.07, 6.45) is 7.78. The summed E-state index contributed by atoms with van der Waals surface area (Å²) in [4.78, 5) is 15.0. The number of rotatable bonds is 4. The van der Waals surface area contributed by atoms with Crippen molar-refractivity contribution in [2.24, 2.45) is 0 Å².